The Bertz CT molecular complexity index is 497. The van der Waals surface area contributed by atoms with Gasteiger partial charge in [-0.1, -0.05) is 19.9 Å². The van der Waals surface area contributed by atoms with Gasteiger partial charge in [-0.05, 0) is 18.4 Å². The first-order chi connectivity index (χ1) is 8.49. The molecule has 0 saturated carbocycles. The van der Waals surface area contributed by atoms with Crippen LogP contribution in [0.25, 0.3) is 0 Å². The Balaban J connectivity index is 1.91. The molecular weight excluding hydrogens is 242 g/mol. The highest BCUT2D eigenvalue weighted by Crippen LogP contribution is 2.26. The number of aryl methyl sites for hydroxylation is 2. The van der Waals surface area contributed by atoms with Crippen LogP contribution in [-0.4, -0.2) is 16.3 Å². The smallest absolute Gasteiger partial charge is 0.0638 e. The minimum absolute atomic E-state index is 0.185. The highest BCUT2D eigenvalue weighted by molar-refractivity contribution is 7.10. The minimum Gasteiger partial charge on any atom is -0.312 e. The molecule has 4 heteroatoms. The first-order valence-electron chi connectivity index (χ1n) is 6.23. The van der Waals surface area contributed by atoms with Gasteiger partial charge in [0.1, 0.15) is 0 Å². The van der Waals surface area contributed by atoms with Crippen LogP contribution in [0.5, 0.6) is 0 Å². The van der Waals surface area contributed by atoms with Crippen molar-refractivity contribution >= 4 is 11.3 Å². The highest BCUT2D eigenvalue weighted by atomic mass is 32.1. The van der Waals surface area contributed by atoms with E-state index in [1.54, 1.807) is 0 Å². The van der Waals surface area contributed by atoms with Gasteiger partial charge in [-0.3, -0.25) is 4.68 Å². The number of nitrogens with zero attached hydrogens (tertiary/aromatic N) is 2. The van der Waals surface area contributed by atoms with Gasteiger partial charge in [0.2, 0.25) is 0 Å². The van der Waals surface area contributed by atoms with Crippen molar-refractivity contribution in [2.75, 3.05) is 6.54 Å². The Kier molecular flexibility index (Phi) is 3.88. The van der Waals surface area contributed by atoms with Gasteiger partial charge in [-0.15, -0.1) is 11.3 Å². The van der Waals surface area contributed by atoms with Gasteiger partial charge in [0.05, 0.1) is 5.69 Å². The van der Waals surface area contributed by atoms with E-state index in [0.717, 1.165) is 18.8 Å². The third kappa shape index (κ3) is 3.00. The second-order valence-electron chi connectivity index (χ2n) is 5.38. The molecule has 0 saturated heterocycles. The van der Waals surface area contributed by atoms with Gasteiger partial charge in [0.15, 0.2) is 0 Å². The van der Waals surface area contributed by atoms with Gasteiger partial charge >= 0.3 is 0 Å². The quantitative estimate of drug-likeness (QED) is 0.899. The molecule has 0 atom stereocenters. The lowest BCUT2D eigenvalue weighted by atomic mass is 9.91. The molecule has 2 heterocycles. The van der Waals surface area contributed by atoms with Crippen LogP contribution < -0.4 is 5.32 Å². The molecule has 0 spiro atoms. The van der Waals surface area contributed by atoms with Gasteiger partial charge < -0.3 is 5.32 Å². The summed E-state index contributed by atoms with van der Waals surface area (Å²) in [5.74, 6) is 0. The molecule has 0 fully saturated rings. The molecule has 98 valence electrons. The van der Waals surface area contributed by atoms with Crippen molar-refractivity contribution in [2.24, 2.45) is 7.05 Å². The lowest BCUT2D eigenvalue weighted by Gasteiger charge is -2.23. The fraction of sp³-hybridized carbons (Fsp3) is 0.500. The van der Waals surface area contributed by atoms with Crippen molar-refractivity contribution in [2.45, 2.75) is 32.7 Å². The van der Waals surface area contributed by atoms with Crippen LogP contribution in [0, 0.1) is 6.92 Å². The second-order valence-corrected chi connectivity index (χ2v) is 6.33. The summed E-state index contributed by atoms with van der Waals surface area (Å²) < 4.78 is 1.87. The molecule has 2 aromatic heterocycles. The van der Waals surface area contributed by atoms with Crippen molar-refractivity contribution in [1.29, 1.82) is 0 Å². The van der Waals surface area contributed by atoms with E-state index < -0.39 is 0 Å². The summed E-state index contributed by atoms with van der Waals surface area (Å²) in [4.78, 5) is 1.43. The highest BCUT2D eigenvalue weighted by Gasteiger charge is 2.21. The third-order valence-electron chi connectivity index (χ3n) is 3.19. The monoisotopic (exact) mass is 263 g/mol. The number of nitrogens with one attached hydrogen (secondary N) is 1. The molecule has 0 bridgehead atoms. The molecule has 0 amide bonds. The Hall–Kier alpha value is -1.13. The molecular formula is C14H21N3S. The molecule has 1 N–H and O–H groups in total. The van der Waals surface area contributed by atoms with Gasteiger partial charge in [0, 0.05) is 42.2 Å². The number of hydrogen-bond donors (Lipinski definition) is 1. The van der Waals surface area contributed by atoms with Crippen LogP contribution in [0.15, 0.2) is 23.7 Å². The predicted octanol–water partition coefficient (Wildman–Crippen LogP) is 2.86. The Labute approximate surface area is 113 Å². The number of thiophene rings is 1. The zero-order valence-electron chi connectivity index (χ0n) is 11.5. The van der Waals surface area contributed by atoms with Crippen molar-refractivity contribution in [3.8, 4) is 0 Å². The van der Waals surface area contributed by atoms with Crippen molar-refractivity contribution in [1.82, 2.24) is 15.1 Å². The molecule has 0 unspecified atom stereocenters. The summed E-state index contributed by atoms with van der Waals surface area (Å²) >= 11 is 1.83. The molecule has 0 aliphatic heterocycles. The lowest BCUT2D eigenvalue weighted by Crippen LogP contribution is -2.31. The van der Waals surface area contributed by atoms with Crippen LogP contribution in [0.1, 0.15) is 30.0 Å². The number of aromatic nitrogens is 2. The maximum atomic E-state index is 4.35. The summed E-state index contributed by atoms with van der Waals surface area (Å²) in [6, 6.07) is 4.33. The zero-order chi connectivity index (χ0) is 13.2. The molecule has 2 aromatic rings. The molecule has 2 rings (SSSR count). The summed E-state index contributed by atoms with van der Waals surface area (Å²) in [6.45, 7) is 8.47. The molecule has 18 heavy (non-hydrogen) atoms. The normalized spacial score (nSPS) is 12.0. The molecule has 0 radical (unpaired) electrons. The standard InChI is InChI=1S/C14H21N3S/c1-11-12(9-17(4)16-11)8-15-10-14(2,3)13-6-5-7-18-13/h5-7,9,15H,8,10H2,1-4H3. The largest absolute Gasteiger partial charge is 0.312 e. The fourth-order valence-corrected chi connectivity index (χ4v) is 2.93. The summed E-state index contributed by atoms with van der Waals surface area (Å²) in [5, 5.41) is 10.0. The average Bonchev–Trinajstić information content (AvgIpc) is 2.89. The van der Waals surface area contributed by atoms with Crippen molar-refractivity contribution in [3.05, 3.63) is 39.8 Å². The van der Waals surface area contributed by atoms with Crippen molar-refractivity contribution in [3.63, 3.8) is 0 Å². The number of hydrogen-bond acceptors (Lipinski definition) is 3. The van der Waals surface area contributed by atoms with Crippen LogP contribution in [0.2, 0.25) is 0 Å². The lowest BCUT2D eigenvalue weighted by molar-refractivity contribution is 0.476. The first kappa shape index (κ1) is 13.3. The van der Waals surface area contributed by atoms with E-state index in [0.29, 0.717) is 0 Å². The minimum atomic E-state index is 0.185. The Morgan fingerprint density at radius 3 is 2.78 bits per heavy atom. The van der Waals surface area contributed by atoms with Gasteiger partial charge in [-0.2, -0.15) is 5.10 Å². The van der Waals surface area contributed by atoms with Gasteiger partial charge in [-0.25, -0.2) is 0 Å². The van der Waals surface area contributed by atoms with E-state index in [-0.39, 0.29) is 5.41 Å². The van der Waals surface area contributed by atoms with E-state index in [4.69, 9.17) is 0 Å². The molecule has 0 aliphatic carbocycles. The summed E-state index contributed by atoms with van der Waals surface area (Å²) in [7, 11) is 1.96. The van der Waals surface area contributed by atoms with Crippen LogP contribution in [0.4, 0.5) is 0 Å². The number of rotatable bonds is 5. The van der Waals surface area contributed by atoms with Gasteiger partial charge in [0.25, 0.3) is 0 Å². The van der Waals surface area contributed by atoms with Crippen LogP contribution >= 0.6 is 11.3 Å². The zero-order valence-corrected chi connectivity index (χ0v) is 12.3. The molecule has 3 nitrogen and oxygen atoms in total. The Morgan fingerprint density at radius 1 is 1.44 bits per heavy atom. The average molecular weight is 263 g/mol. The Morgan fingerprint density at radius 2 is 2.22 bits per heavy atom. The van der Waals surface area contributed by atoms with Crippen LogP contribution in [0.3, 0.4) is 0 Å². The molecule has 0 aromatic carbocycles. The van der Waals surface area contributed by atoms with E-state index in [2.05, 4.69) is 54.9 Å². The summed E-state index contributed by atoms with van der Waals surface area (Å²) in [6.07, 6.45) is 2.08. The van der Waals surface area contributed by atoms with E-state index in [1.807, 2.05) is 23.1 Å². The third-order valence-corrected chi connectivity index (χ3v) is 4.42. The SMILES string of the molecule is Cc1nn(C)cc1CNCC(C)(C)c1cccs1. The maximum absolute atomic E-state index is 4.35. The van der Waals surface area contributed by atoms with E-state index in [1.165, 1.54) is 10.4 Å². The fourth-order valence-electron chi connectivity index (χ4n) is 2.08. The van der Waals surface area contributed by atoms with Crippen molar-refractivity contribution < 1.29 is 0 Å². The predicted molar refractivity (Wildman–Crippen MR) is 77.0 cm³/mol. The maximum Gasteiger partial charge on any atom is 0.0638 e. The van der Waals surface area contributed by atoms with E-state index in [9.17, 15) is 0 Å². The summed E-state index contributed by atoms with van der Waals surface area (Å²) in [5.41, 5.74) is 2.57. The second kappa shape index (κ2) is 5.24. The first-order valence-corrected chi connectivity index (χ1v) is 7.11. The van der Waals surface area contributed by atoms with Crippen LogP contribution in [-0.2, 0) is 19.0 Å². The molecule has 0 aliphatic rings. The topological polar surface area (TPSA) is 29.9 Å². The van der Waals surface area contributed by atoms with E-state index >= 15 is 0 Å².